The summed E-state index contributed by atoms with van der Waals surface area (Å²) >= 11 is 0.441. The van der Waals surface area contributed by atoms with E-state index in [9.17, 15) is 13.6 Å². The molecule has 1 aromatic carbocycles. The van der Waals surface area contributed by atoms with Crippen LogP contribution in [0.1, 0.15) is 25.7 Å². The number of para-hydroxylation sites is 1. The van der Waals surface area contributed by atoms with Gasteiger partial charge in [0.1, 0.15) is 0 Å². The van der Waals surface area contributed by atoms with Gasteiger partial charge in [-0.1, -0.05) is 30.3 Å². The first-order valence-electron chi connectivity index (χ1n) is 6.66. The zero-order chi connectivity index (χ0) is 14.5. The van der Waals surface area contributed by atoms with E-state index in [4.69, 9.17) is 5.73 Å². The molecule has 0 radical (unpaired) electrons. The van der Waals surface area contributed by atoms with Crippen LogP contribution in [-0.4, -0.2) is 17.7 Å². The van der Waals surface area contributed by atoms with Gasteiger partial charge in [-0.2, -0.15) is 8.78 Å². The van der Waals surface area contributed by atoms with Crippen molar-refractivity contribution in [3.63, 3.8) is 0 Å². The molecule has 0 aromatic heterocycles. The quantitative estimate of drug-likeness (QED) is 0.820. The van der Waals surface area contributed by atoms with E-state index in [1.54, 1.807) is 24.3 Å². The number of carbonyl (C=O) groups excluding carboxylic acids is 1. The van der Waals surface area contributed by atoms with Crippen molar-refractivity contribution in [2.24, 2.45) is 11.7 Å². The molecule has 0 heterocycles. The molecular formula is C14H19ClF2N2OS. The van der Waals surface area contributed by atoms with Gasteiger partial charge in [0, 0.05) is 16.9 Å². The van der Waals surface area contributed by atoms with E-state index in [2.05, 4.69) is 5.32 Å². The van der Waals surface area contributed by atoms with Crippen LogP contribution in [0, 0.1) is 5.92 Å². The minimum atomic E-state index is -2.50. The highest BCUT2D eigenvalue weighted by Gasteiger charge is 2.25. The number of carbonyl (C=O) groups is 1. The fraction of sp³-hybridized carbons (Fsp3) is 0.500. The second-order valence-electron chi connectivity index (χ2n) is 4.99. The summed E-state index contributed by atoms with van der Waals surface area (Å²) < 4.78 is 25.0. The molecule has 0 aliphatic heterocycles. The minimum absolute atomic E-state index is 0. The summed E-state index contributed by atoms with van der Waals surface area (Å²) in [7, 11) is 0. The summed E-state index contributed by atoms with van der Waals surface area (Å²) in [5.74, 6) is -2.75. The van der Waals surface area contributed by atoms with Crippen molar-refractivity contribution in [1.29, 1.82) is 0 Å². The molecule has 21 heavy (non-hydrogen) atoms. The normalized spacial score (nSPS) is 21.7. The number of rotatable bonds is 4. The molecule has 2 rings (SSSR count). The van der Waals surface area contributed by atoms with Crippen molar-refractivity contribution in [3.05, 3.63) is 24.3 Å². The first kappa shape index (κ1) is 18.2. The molecule has 3 nitrogen and oxygen atoms in total. The summed E-state index contributed by atoms with van der Waals surface area (Å²) in [6, 6.07) is 6.68. The molecule has 7 heteroatoms. The number of benzene rings is 1. The second kappa shape index (κ2) is 8.56. The number of hydrogen-bond donors (Lipinski definition) is 2. The topological polar surface area (TPSA) is 55.1 Å². The first-order chi connectivity index (χ1) is 9.56. The van der Waals surface area contributed by atoms with E-state index in [1.165, 1.54) is 0 Å². The summed E-state index contributed by atoms with van der Waals surface area (Å²) in [5, 5.41) is 2.76. The average molecular weight is 337 g/mol. The molecule has 1 aliphatic rings. The molecular weight excluding hydrogens is 318 g/mol. The third-order valence-electron chi connectivity index (χ3n) is 3.45. The smallest absolute Gasteiger partial charge is 0.288 e. The van der Waals surface area contributed by atoms with E-state index < -0.39 is 5.76 Å². The Labute approximate surface area is 133 Å². The molecule has 1 fully saturated rings. The van der Waals surface area contributed by atoms with Crippen molar-refractivity contribution in [1.82, 2.24) is 0 Å². The Bertz CT molecular complexity index is 476. The molecule has 118 valence electrons. The monoisotopic (exact) mass is 336 g/mol. The standard InChI is InChI=1S/C14H18F2N2OS.ClH/c15-14(16)20-12-7-2-1-6-11(12)18-13(19)9-4-3-5-10(17)8-9;/h1-2,6-7,9-10,14H,3-5,8,17H2,(H,18,19);1H. The fourth-order valence-corrected chi connectivity index (χ4v) is 3.06. The second-order valence-corrected chi connectivity index (χ2v) is 6.02. The van der Waals surface area contributed by atoms with Gasteiger partial charge in [-0.15, -0.1) is 12.4 Å². The zero-order valence-electron chi connectivity index (χ0n) is 11.4. The van der Waals surface area contributed by atoms with E-state index in [-0.39, 0.29) is 30.3 Å². The Balaban J connectivity index is 0.00000220. The van der Waals surface area contributed by atoms with Gasteiger partial charge in [0.25, 0.3) is 5.76 Å². The summed E-state index contributed by atoms with van der Waals surface area (Å²) in [6.45, 7) is 0. The lowest BCUT2D eigenvalue weighted by Crippen LogP contribution is -2.34. The molecule has 2 atom stereocenters. The van der Waals surface area contributed by atoms with Crippen molar-refractivity contribution >= 4 is 35.8 Å². The van der Waals surface area contributed by atoms with Crippen molar-refractivity contribution in [2.75, 3.05) is 5.32 Å². The van der Waals surface area contributed by atoms with Gasteiger partial charge in [-0.05, 0) is 31.4 Å². The largest absolute Gasteiger partial charge is 0.328 e. The maximum atomic E-state index is 12.5. The molecule has 1 aromatic rings. The molecule has 3 N–H and O–H groups in total. The van der Waals surface area contributed by atoms with Crippen molar-refractivity contribution < 1.29 is 13.6 Å². The van der Waals surface area contributed by atoms with Crippen LogP contribution in [0.3, 0.4) is 0 Å². The van der Waals surface area contributed by atoms with Crippen LogP contribution in [0.5, 0.6) is 0 Å². The van der Waals surface area contributed by atoms with E-state index in [1.807, 2.05) is 0 Å². The Morgan fingerprint density at radius 1 is 1.33 bits per heavy atom. The molecule has 0 spiro atoms. The van der Waals surface area contributed by atoms with Crippen LogP contribution < -0.4 is 11.1 Å². The maximum absolute atomic E-state index is 12.5. The number of nitrogens with two attached hydrogens (primary N) is 1. The minimum Gasteiger partial charge on any atom is -0.328 e. The predicted molar refractivity (Wildman–Crippen MR) is 84.1 cm³/mol. The van der Waals surface area contributed by atoms with Gasteiger partial charge < -0.3 is 11.1 Å². The van der Waals surface area contributed by atoms with E-state index in [0.717, 1.165) is 19.3 Å². The SMILES string of the molecule is Cl.NC1CCCC(C(=O)Nc2ccccc2SC(F)F)C1. The van der Waals surface area contributed by atoms with Crippen LogP contribution in [0.4, 0.5) is 14.5 Å². The maximum Gasteiger partial charge on any atom is 0.288 e. The van der Waals surface area contributed by atoms with Crippen LogP contribution in [0.15, 0.2) is 29.2 Å². The molecule has 0 saturated heterocycles. The van der Waals surface area contributed by atoms with E-state index in [0.29, 0.717) is 28.8 Å². The highest BCUT2D eigenvalue weighted by molar-refractivity contribution is 7.99. The number of alkyl halides is 2. The van der Waals surface area contributed by atoms with Crippen molar-refractivity contribution in [2.45, 2.75) is 42.4 Å². The molecule has 2 unspecified atom stereocenters. The number of hydrogen-bond acceptors (Lipinski definition) is 3. The first-order valence-corrected chi connectivity index (χ1v) is 7.54. The lowest BCUT2D eigenvalue weighted by molar-refractivity contribution is -0.120. The number of thioether (sulfide) groups is 1. The van der Waals surface area contributed by atoms with Crippen LogP contribution in [-0.2, 0) is 4.79 Å². The van der Waals surface area contributed by atoms with Crippen LogP contribution >= 0.6 is 24.2 Å². The van der Waals surface area contributed by atoms with Crippen LogP contribution in [0.2, 0.25) is 0 Å². The lowest BCUT2D eigenvalue weighted by atomic mass is 9.85. The van der Waals surface area contributed by atoms with Gasteiger partial charge in [-0.25, -0.2) is 0 Å². The Morgan fingerprint density at radius 2 is 2.05 bits per heavy atom. The van der Waals surface area contributed by atoms with E-state index >= 15 is 0 Å². The highest BCUT2D eigenvalue weighted by Crippen LogP contribution is 2.32. The summed E-state index contributed by atoms with van der Waals surface area (Å²) in [5.41, 5.74) is 6.32. The number of anilines is 1. The summed E-state index contributed by atoms with van der Waals surface area (Å²) in [6.07, 6.45) is 3.36. The number of nitrogens with one attached hydrogen (secondary N) is 1. The number of halogens is 3. The van der Waals surface area contributed by atoms with Gasteiger partial charge in [0.2, 0.25) is 5.91 Å². The van der Waals surface area contributed by atoms with Gasteiger partial charge in [0.05, 0.1) is 5.69 Å². The predicted octanol–water partition coefficient (Wildman–Crippen LogP) is 3.88. The Kier molecular flexibility index (Phi) is 7.42. The molecule has 1 aliphatic carbocycles. The van der Waals surface area contributed by atoms with Gasteiger partial charge in [-0.3, -0.25) is 4.79 Å². The average Bonchev–Trinajstić information content (AvgIpc) is 2.40. The molecule has 1 amide bonds. The lowest BCUT2D eigenvalue weighted by Gasteiger charge is -2.26. The third kappa shape index (κ3) is 5.45. The van der Waals surface area contributed by atoms with Gasteiger partial charge >= 0.3 is 0 Å². The fourth-order valence-electron chi connectivity index (χ4n) is 2.47. The van der Waals surface area contributed by atoms with Crippen LogP contribution in [0.25, 0.3) is 0 Å². The Hall–Kier alpha value is -0.850. The third-order valence-corrected chi connectivity index (χ3v) is 4.23. The zero-order valence-corrected chi connectivity index (χ0v) is 13.1. The highest BCUT2D eigenvalue weighted by atomic mass is 35.5. The molecule has 1 saturated carbocycles. The van der Waals surface area contributed by atoms with Gasteiger partial charge in [0.15, 0.2) is 0 Å². The summed E-state index contributed by atoms with van der Waals surface area (Å²) in [4.78, 5) is 12.6. The van der Waals surface area contributed by atoms with Crippen molar-refractivity contribution in [3.8, 4) is 0 Å². The molecule has 0 bridgehead atoms. The Morgan fingerprint density at radius 3 is 2.71 bits per heavy atom. The number of amides is 1.